The molecule has 0 saturated heterocycles. The van der Waals surface area contributed by atoms with Gasteiger partial charge in [0, 0.05) is 28.1 Å². The number of halogens is 1. The molecular formula is C21H16BrN3O. The Morgan fingerprint density at radius 3 is 2.73 bits per heavy atom. The maximum atomic E-state index is 12.5. The third-order valence-corrected chi connectivity index (χ3v) is 4.90. The Kier molecular flexibility index (Phi) is 4.31. The van der Waals surface area contributed by atoms with Gasteiger partial charge in [0.1, 0.15) is 5.65 Å². The second-order valence-corrected chi connectivity index (χ2v) is 6.92. The van der Waals surface area contributed by atoms with Gasteiger partial charge >= 0.3 is 0 Å². The number of nitrogens with zero attached hydrogens (tertiary/aromatic N) is 2. The molecule has 0 spiro atoms. The number of hydrogen-bond acceptors (Lipinski definition) is 2. The molecule has 4 nitrogen and oxygen atoms in total. The van der Waals surface area contributed by atoms with E-state index in [1.807, 2.05) is 78.3 Å². The Bertz CT molecular complexity index is 1120. The van der Waals surface area contributed by atoms with Crippen molar-refractivity contribution in [3.8, 4) is 11.3 Å². The number of hydrogen-bond donors (Lipinski definition) is 1. The number of aromatic nitrogens is 2. The highest BCUT2D eigenvalue weighted by Crippen LogP contribution is 2.24. The summed E-state index contributed by atoms with van der Waals surface area (Å²) in [5.74, 6) is -0.152. The Hall–Kier alpha value is -2.92. The average molecular weight is 406 g/mol. The van der Waals surface area contributed by atoms with Crippen LogP contribution in [0, 0.1) is 6.92 Å². The first-order valence-electron chi connectivity index (χ1n) is 8.22. The Morgan fingerprint density at radius 1 is 1.08 bits per heavy atom. The molecule has 5 heteroatoms. The van der Waals surface area contributed by atoms with E-state index < -0.39 is 0 Å². The molecule has 0 fully saturated rings. The normalized spacial score (nSPS) is 10.8. The third kappa shape index (κ3) is 3.13. The molecule has 2 aromatic carbocycles. The highest BCUT2D eigenvalue weighted by Gasteiger charge is 2.11. The molecule has 0 unspecified atom stereocenters. The van der Waals surface area contributed by atoms with Crippen LogP contribution in [-0.4, -0.2) is 15.3 Å². The van der Waals surface area contributed by atoms with E-state index in [0.717, 1.165) is 32.6 Å². The van der Waals surface area contributed by atoms with Gasteiger partial charge in [0.05, 0.1) is 11.3 Å². The van der Waals surface area contributed by atoms with Gasteiger partial charge in [0.25, 0.3) is 5.91 Å². The number of aryl methyl sites for hydroxylation is 1. The van der Waals surface area contributed by atoms with Gasteiger partial charge in [-0.25, -0.2) is 4.98 Å². The van der Waals surface area contributed by atoms with E-state index >= 15 is 0 Å². The molecule has 0 aliphatic carbocycles. The van der Waals surface area contributed by atoms with Crippen LogP contribution in [0.4, 0.5) is 5.69 Å². The quantitative estimate of drug-likeness (QED) is 0.500. The molecule has 4 aromatic rings. The van der Waals surface area contributed by atoms with E-state index in [9.17, 15) is 4.79 Å². The van der Waals surface area contributed by atoms with Crippen molar-refractivity contribution in [1.82, 2.24) is 9.38 Å². The monoisotopic (exact) mass is 405 g/mol. The second kappa shape index (κ2) is 6.77. The minimum atomic E-state index is -0.152. The number of anilines is 1. The molecule has 2 aromatic heterocycles. The summed E-state index contributed by atoms with van der Waals surface area (Å²) in [4.78, 5) is 17.2. The number of amides is 1. The Morgan fingerprint density at radius 2 is 1.92 bits per heavy atom. The van der Waals surface area contributed by atoms with E-state index in [1.54, 1.807) is 6.07 Å². The zero-order valence-corrected chi connectivity index (χ0v) is 15.7. The van der Waals surface area contributed by atoms with Gasteiger partial charge in [0.15, 0.2) is 0 Å². The van der Waals surface area contributed by atoms with Gasteiger partial charge in [-0.05, 0) is 58.7 Å². The number of pyridine rings is 1. The number of fused-ring (bicyclic) bond motifs is 1. The molecule has 2 heterocycles. The maximum absolute atomic E-state index is 12.5. The lowest BCUT2D eigenvalue weighted by molar-refractivity contribution is 0.102. The number of rotatable bonds is 3. The van der Waals surface area contributed by atoms with Crippen molar-refractivity contribution in [1.29, 1.82) is 0 Å². The summed E-state index contributed by atoms with van der Waals surface area (Å²) in [7, 11) is 0. The van der Waals surface area contributed by atoms with Gasteiger partial charge in [-0.2, -0.15) is 0 Å². The van der Waals surface area contributed by atoms with E-state index in [0.29, 0.717) is 5.56 Å². The average Bonchev–Trinajstić information content (AvgIpc) is 3.08. The lowest BCUT2D eigenvalue weighted by Gasteiger charge is -2.08. The van der Waals surface area contributed by atoms with Crippen molar-refractivity contribution < 1.29 is 4.79 Å². The van der Waals surface area contributed by atoms with E-state index in [4.69, 9.17) is 4.98 Å². The number of benzene rings is 2. The van der Waals surface area contributed by atoms with Crippen LogP contribution in [0.1, 0.15) is 15.9 Å². The molecule has 0 aliphatic rings. The van der Waals surface area contributed by atoms with Crippen molar-refractivity contribution in [2.24, 2.45) is 0 Å². The Labute approximate surface area is 159 Å². The molecule has 128 valence electrons. The number of nitrogens with one attached hydrogen (secondary N) is 1. The van der Waals surface area contributed by atoms with E-state index in [2.05, 4.69) is 21.2 Å². The minimum absolute atomic E-state index is 0.152. The van der Waals surface area contributed by atoms with Crippen molar-refractivity contribution >= 4 is 33.2 Å². The van der Waals surface area contributed by atoms with Gasteiger partial charge < -0.3 is 9.72 Å². The summed E-state index contributed by atoms with van der Waals surface area (Å²) in [6.07, 6.45) is 3.98. The minimum Gasteiger partial charge on any atom is -0.322 e. The zero-order chi connectivity index (χ0) is 18.1. The van der Waals surface area contributed by atoms with Crippen LogP contribution < -0.4 is 5.32 Å². The fourth-order valence-electron chi connectivity index (χ4n) is 2.89. The Balaban J connectivity index is 1.65. The van der Waals surface area contributed by atoms with Gasteiger partial charge in [-0.3, -0.25) is 4.79 Å². The van der Waals surface area contributed by atoms with Crippen LogP contribution >= 0.6 is 15.9 Å². The molecule has 0 aliphatic heterocycles. The standard InChI is InChI=1S/C21H16BrN3O/c1-14-6-5-11-25-13-19(24-20(14)25)15-7-4-8-16(12-15)23-21(26)17-9-2-3-10-18(17)22/h2-13H,1H3,(H,23,26). The fraction of sp³-hybridized carbons (Fsp3) is 0.0476. The topological polar surface area (TPSA) is 46.4 Å². The number of carbonyl (C=O) groups is 1. The largest absolute Gasteiger partial charge is 0.322 e. The van der Waals surface area contributed by atoms with E-state index in [1.165, 1.54) is 0 Å². The lowest BCUT2D eigenvalue weighted by atomic mass is 10.1. The van der Waals surface area contributed by atoms with Crippen molar-refractivity contribution in [2.45, 2.75) is 6.92 Å². The van der Waals surface area contributed by atoms with Crippen LogP contribution in [0.5, 0.6) is 0 Å². The first kappa shape index (κ1) is 16.5. The lowest BCUT2D eigenvalue weighted by Crippen LogP contribution is -2.12. The molecule has 1 amide bonds. The molecule has 1 N–H and O–H groups in total. The summed E-state index contributed by atoms with van der Waals surface area (Å²) >= 11 is 3.41. The SMILES string of the molecule is Cc1cccn2cc(-c3cccc(NC(=O)c4ccccc4Br)c3)nc12. The van der Waals surface area contributed by atoms with Crippen LogP contribution in [0.2, 0.25) is 0 Å². The van der Waals surface area contributed by atoms with Gasteiger partial charge in [0.2, 0.25) is 0 Å². The first-order valence-corrected chi connectivity index (χ1v) is 9.02. The van der Waals surface area contributed by atoms with Crippen molar-refractivity contribution in [3.63, 3.8) is 0 Å². The summed E-state index contributed by atoms with van der Waals surface area (Å²) in [6.45, 7) is 2.04. The highest BCUT2D eigenvalue weighted by molar-refractivity contribution is 9.10. The maximum Gasteiger partial charge on any atom is 0.256 e. The summed E-state index contributed by atoms with van der Waals surface area (Å²) < 4.78 is 2.78. The highest BCUT2D eigenvalue weighted by atomic mass is 79.9. The van der Waals surface area contributed by atoms with Crippen molar-refractivity contribution in [2.75, 3.05) is 5.32 Å². The summed E-state index contributed by atoms with van der Waals surface area (Å²) in [5, 5.41) is 2.95. The number of imidazole rings is 1. The number of carbonyl (C=O) groups excluding carboxylic acids is 1. The summed E-state index contributed by atoms with van der Waals surface area (Å²) in [5.41, 5.74) is 5.22. The fourth-order valence-corrected chi connectivity index (χ4v) is 3.36. The molecule has 0 radical (unpaired) electrons. The van der Waals surface area contributed by atoms with Gasteiger partial charge in [-0.1, -0.05) is 30.3 Å². The van der Waals surface area contributed by atoms with Crippen LogP contribution in [0.15, 0.2) is 77.5 Å². The molecule has 26 heavy (non-hydrogen) atoms. The predicted molar refractivity (Wildman–Crippen MR) is 107 cm³/mol. The zero-order valence-electron chi connectivity index (χ0n) is 14.1. The van der Waals surface area contributed by atoms with Crippen LogP contribution in [0.25, 0.3) is 16.9 Å². The van der Waals surface area contributed by atoms with Crippen LogP contribution in [-0.2, 0) is 0 Å². The van der Waals surface area contributed by atoms with Gasteiger partial charge in [-0.15, -0.1) is 0 Å². The first-order chi connectivity index (χ1) is 12.6. The predicted octanol–water partition coefficient (Wildman–Crippen LogP) is 5.32. The molecule has 4 rings (SSSR count). The van der Waals surface area contributed by atoms with E-state index in [-0.39, 0.29) is 5.91 Å². The van der Waals surface area contributed by atoms with Crippen molar-refractivity contribution in [3.05, 3.63) is 88.7 Å². The molecule has 0 atom stereocenters. The molecule has 0 bridgehead atoms. The smallest absolute Gasteiger partial charge is 0.256 e. The second-order valence-electron chi connectivity index (χ2n) is 6.06. The molecule has 0 saturated carbocycles. The summed E-state index contributed by atoms with van der Waals surface area (Å²) in [6, 6.07) is 19.1. The third-order valence-electron chi connectivity index (χ3n) is 4.21. The molecular weight excluding hydrogens is 390 g/mol. The van der Waals surface area contributed by atoms with Crippen LogP contribution in [0.3, 0.4) is 0 Å².